The normalized spacial score (nSPS) is 21.4. The van der Waals surface area contributed by atoms with Gasteiger partial charge in [-0.3, -0.25) is 0 Å². The van der Waals surface area contributed by atoms with Gasteiger partial charge in [0.1, 0.15) is 6.10 Å². The second kappa shape index (κ2) is 7.88. The van der Waals surface area contributed by atoms with Crippen molar-refractivity contribution in [3.05, 3.63) is 0 Å². The summed E-state index contributed by atoms with van der Waals surface area (Å²) in [5, 5.41) is 0. The maximum atomic E-state index is 5.53. The van der Waals surface area contributed by atoms with E-state index in [1.165, 1.54) is 38.5 Å². The van der Waals surface area contributed by atoms with E-state index in [1.807, 2.05) is 0 Å². The van der Waals surface area contributed by atoms with Gasteiger partial charge in [-0.2, -0.15) is 0 Å². The van der Waals surface area contributed by atoms with Crippen molar-refractivity contribution in [1.82, 2.24) is 0 Å². The zero-order valence-corrected chi connectivity index (χ0v) is 9.35. The maximum absolute atomic E-state index is 5.53. The van der Waals surface area contributed by atoms with Crippen LogP contribution in [0.15, 0.2) is 0 Å². The fourth-order valence-corrected chi connectivity index (χ4v) is 1.68. The average molecular weight is 194 g/mol. The van der Waals surface area contributed by atoms with Crippen LogP contribution in [0.25, 0.3) is 0 Å². The van der Waals surface area contributed by atoms with Crippen LogP contribution in [0.5, 0.6) is 0 Å². The molecule has 0 amide bonds. The summed E-state index contributed by atoms with van der Waals surface area (Å²) in [6, 6.07) is 0. The lowest BCUT2D eigenvalue weighted by Crippen LogP contribution is -2.16. The van der Waals surface area contributed by atoms with E-state index in [0.717, 1.165) is 19.4 Å². The third-order valence-electron chi connectivity index (χ3n) is 2.60. The Labute approximate surface area is 88.2 Å². The molecule has 1 fully saturated rings. The highest BCUT2D eigenvalue weighted by Crippen LogP contribution is 2.11. The van der Waals surface area contributed by atoms with Crippen LogP contribution in [0.2, 0.25) is 0 Å². The predicted molar refractivity (Wildman–Crippen MR) is 60.1 cm³/mol. The standard InChI is InChI=1S/C13H22O/c1-2-3-4-5-6-7-10-13-11-8-9-12-14-13/h13H,2-6,8-9,11-12H2,1H3. The molecule has 0 radical (unpaired) electrons. The van der Waals surface area contributed by atoms with Crippen LogP contribution >= 0.6 is 0 Å². The quantitative estimate of drug-likeness (QED) is 0.491. The molecule has 0 spiro atoms. The number of ether oxygens (including phenoxy) is 1. The number of hydrogen-bond donors (Lipinski definition) is 0. The van der Waals surface area contributed by atoms with Crippen LogP contribution in [0, 0.1) is 11.8 Å². The summed E-state index contributed by atoms with van der Waals surface area (Å²) in [4.78, 5) is 0. The minimum absolute atomic E-state index is 0.245. The summed E-state index contributed by atoms with van der Waals surface area (Å²) in [6.07, 6.45) is 10.2. The average Bonchev–Trinajstić information content (AvgIpc) is 2.25. The summed E-state index contributed by atoms with van der Waals surface area (Å²) >= 11 is 0. The van der Waals surface area contributed by atoms with Gasteiger partial charge in [0.2, 0.25) is 0 Å². The van der Waals surface area contributed by atoms with Gasteiger partial charge in [-0.25, -0.2) is 0 Å². The van der Waals surface area contributed by atoms with E-state index < -0.39 is 0 Å². The van der Waals surface area contributed by atoms with E-state index in [2.05, 4.69) is 18.8 Å². The van der Waals surface area contributed by atoms with Gasteiger partial charge >= 0.3 is 0 Å². The molecule has 1 saturated heterocycles. The zero-order chi connectivity index (χ0) is 10.1. The van der Waals surface area contributed by atoms with Gasteiger partial charge in [-0.15, -0.1) is 5.92 Å². The Morgan fingerprint density at radius 1 is 1.21 bits per heavy atom. The zero-order valence-electron chi connectivity index (χ0n) is 9.35. The molecule has 1 nitrogen and oxygen atoms in total. The number of unbranched alkanes of at least 4 members (excludes halogenated alkanes) is 4. The molecule has 1 heteroatoms. The van der Waals surface area contributed by atoms with Crippen molar-refractivity contribution < 1.29 is 4.74 Å². The molecule has 1 unspecified atom stereocenters. The molecular weight excluding hydrogens is 172 g/mol. The summed E-state index contributed by atoms with van der Waals surface area (Å²) < 4.78 is 5.53. The summed E-state index contributed by atoms with van der Waals surface area (Å²) in [5.41, 5.74) is 0. The first kappa shape index (κ1) is 11.6. The second-order valence-corrected chi connectivity index (χ2v) is 3.99. The fraction of sp³-hybridized carbons (Fsp3) is 0.846. The molecule has 1 aliphatic heterocycles. The molecular formula is C13H22O. The van der Waals surface area contributed by atoms with Crippen molar-refractivity contribution in [3.8, 4) is 11.8 Å². The largest absolute Gasteiger partial charge is 0.366 e. The van der Waals surface area contributed by atoms with Crippen molar-refractivity contribution in [2.24, 2.45) is 0 Å². The highest BCUT2D eigenvalue weighted by molar-refractivity contribution is 5.05. The fourth-order valence-electron chi connectivity index (χ4n) is 1.68. The van der Waals surface area contributed by atoms with Crippen LogP contribution in [0.4, 0.5) is 0 Å². The van der Waals surface area contributed by atoms with Crippen LogP contribution < -0.4 is 0 Å². The molecule has 0 aromatic rings. The first-order valence-corrected chi connectivity index (χ1v) is 6.03. The van der Waals surface area contributed by atoms with Gasteiger partial charge in [-0.1, -0.05) is 32.1 Å². The topological polar surface area (TPSA) is 9.23 Å². The van der Waals surface area contributed by atoms with E-state index in [9.17, 15) is 0 Å². The van der Waals surface area contributed by atoms with Gasteiger partial charge in [0, 0.05) is 13.0 Å². The van der Waals surface area contributed by atoms with Gasteiger partial charge in [0.25, 0.3) is 0 Å². The van der Waals surface area contributed by atoms with Gasteiger partial charge in [0.05, 0.1) is 0 Å². The molecule has 0 N–H and O–H groups in total. The smallest absolute Gasteiger partial charge is 0.118 e. The molecule has 14 heavy (non-hydrogen) atoms. The number of hydrogen-bond acceptors (Lipinski definition) is 1. The highest BCUT2D eigenvalue weighted by atomic mass is 16.5. The molecule has 1 rings (SSSR count). The van der Waals surface area contributed by atoms with Gasteiger partial charge < -0.3 is 4.74 Å². The Balaban J connectivity index is 2.00. The molecule has 1 aliphatic rings. The third kappa shape index (κ3) is 5.29. The Bertz CT molecular complexity index is 181. The van der Waals surface area contributed by atoms with E-state index in [-0.39, 0.29) is 6.10 Å². The molecule has 0 aromatic heterocycles. The lowest BCUT2D eigenvalue weighted by molar-refractivity contribution is 0.0525. The summed E-state index contributed by atoms with van der Waals surface area (Å²) in [6.45, 7) is 3.15. The summed E-state index contributed by atoms with van der Waals surface area (Å²) in [7, 11) is 0. The van der Waals surface area contributed by atoms with Crippen LogP contribution in [-0.2, 0) is 4.74 Å². The molecule has 80 valence electrons. The Hall–Kier alpha value is -0.480. The third-order valence-corrected chi connectivity index (χ3v) is 2.60. The lowest BCUT2D eigenvalue weighted by Gasteiger charge is -2.17. The van der Waals surface area contributed by atoms with Crippen LogP contribution in [0.1, 0.15) is 58.3 Å². The second-order valence-electron chi connectivity index (χ2n) is 3.99. The van der Waals surface area contributed by atoms with Crippen molar-refractivity contribution >= 4 is 0 Å². The predicted octanol–water partition coefficient (Wildman–Crippen LogP) is 3.53. The Morgan fingerprint density at radius 2 is 2.14 bits per heavy atom. The van der Waals surface area contributed by atoms with E-state index in [4.69, 9.17) is 4.74 Å². The molecule has 0 bridgehead atoms. The molecule has 1 heterocycles. The molecule has 0 aromatic carbocycles. The minimum Gasteiger partial charge on any atom is -0.366 e. The van der Waals surface area contributed by atoms with Crippen LogP contribution in [0.3, 0.4) is 0 Å². The number of rotatable bonds is 4. The van der Waals surface area contributed by atoms with Gasteiger partial charge in [0.15, 0.2) is 0 Å². The van der Waals surface area contributed by atoms with Crippen molar-refractivity contribution in [2.45, 2.75) is 64.4 Å². The molecule has 1 atom stereocenters. The van der Waals surface area contributed by atoms with Gasteiger partial charge in [-0.05, 0) is 25.7 Å². The van der Waals surface area contributed by atoms with Crippen molar-refractivity contribution in [1.29, 1.82) is 0 Å². The monoisotopic (exact) mass is 194 g/mol. The Kier molecular flexibility index (Phi) is 6.53. The molecule has 0 saturated carbocycles. The molecule has 0 aliphatic carbocycles. The van der Waals surface area contributed by atoms with Crippen LogP contribution in [-0.4, -0.2) is 12.7 Å². The summed E-state index contributed by atoms with van der Waals surface area (Å²) in [5.74, 6) is 6.47. The van der Waals surface area contributed by atoms with E-state index >= 15 is 0 Å². The SMILES string of the molecule is CCCCCCC#CC1CCCCO1. The maximum Gasteiger partial charge on any atom is 0.118 e. The van der Waals surface area contributed by atoms with E-state index in [1.54, 1.807) is 0 Å². The first-order valence-electron chi connectivity index (χ1n) is 6.03. The lowest BCUT2D eigenvalue weighted by atomic mass is 10.1. The Morgan fingerprint density at radius 3 is 2.86 bits per heavy atom. The first-order chi connectivity index (χ1) is 6.93. The van der Waals surface area contributed by atoms with Crippen molar-refractivity contribution in [3.63, 3.8) is 0 Å². The highest BCUT2D eigenvalue weighted by Gasteiger charge is 2.09. The minimum atomic E-state index is 0.245. The van der Waals surface area contributed by atoms with Crippen molar-refractivity contribution in [2.75, 3.05) is 6.61 Å². The van der Waals surface area contributed by atoms with E-state index in [0.29, 0.717) is 0 Å².